The minimum Gasteiger partial charge on any atom is -0.382 e. The summed E-state index contributed by atoms with van der Waals surface area (Å²) >= 11 is 0. The predicted octanol–water partition coefficient (Wildman–Crippen LogP) is 4.39. The summed E-state index contributed by atoms with van der Waals surface area (Å²) in [6.07, 6.45) is 11.7. The Morgan fingerprint density at radius 1 is 0.696 bits per heavy atom. The Hall–Kier alpha value is 0.0169. The van der Waals surface area contributed by atoms with Gasteiger partial charge < -0.3 is 22.8 Å². The minimum absolute atomic E-state index is 0.203. The van der Waals surface area contributed by atoms with Crippen molar-refractivity contribution in [3.8, 4) is 0 Å². The van der Waals surface area contributed by atoms with Crippen LogP contribution < -0.4 is 0 Å². The van der Waals surface area contributed by atoms with E-state index < -0.39 is 8.80 Å². The molecule has 0 aromatic rings. The molecule has 23 heavy (non-hydrogen) atoms. The van der Waals surface area contributed by atoms with E-state index in [4.69, 9.17) is 22.8 Å². The SMILES string of the molecule is CCCCCCCCCCC[Si](OC)(OC)OCOCCOC. The molecule has 0 heterocycles. The quantitative estimate of drug-likeness (QED) is 0.208. The zero-order valence-corrected chi connectivity index (χ0v) is 16.7. The van der Waals surface area contributed by atoms with Gasteiger partial charge in [-0.2, -0.15) is 0 Å². The fourth-order valence-electron chi connectivity index (χ4n) is 2.46. The molecular weight excluding hydrogens is 312 g/mol. The van der Waals surface area contributed by atoms with E-state index in [0.29, 0.717) is 13.2 Å². The maximum absolute atomic E-state index is 5.76. The first-order valence-electron chi connectivity index (χ1n) is 9.05. The molecule has 0 aliphatic heterocycles. The highest BCUT2D eigenvalue weighted by Crippen LogP contribution is 2.19. The average molecular weight is 351 g/mol. The minimum atomic E-state index is -2.56. The first-order valence-corrected chi connectivity index (χ1v) is 11.0. The average Bonchev–Trinajstić information content (AvgIpc) is 2.58. The summed E-state index contributed by atoms with van der Waals surface area (Å²) in [6.45, 7) is 3.55. The lowest BCUT2D eigenvalue weighted by molar-refractivity contribution is -0.0461. The van der Waals surface area contributed by atoms with Crippen molar-refractivity contribution in [1.82, 2.24) is 0 Å². The van der Waals surface area contributed by atoms with E-state index in [1.54, 1.807) is 21.3 Å². The van der Waals surface area contributed by atoms with Crippen LogP contribution in [-0.2, 0) is 22.8 Å². The molecular formula is C17H38O5Si. The fourth-order valence-corrected chi connectivity index (χ4v) is 4.36. The highest BCUT2D eigenvalue weighted by atomic mass is 28.4. The van der Waals surface area contributed by atoms with Gasteiger partial charge in [0.15, 0.2) is 0 Å². The third-order valence-electron chi connectivity index (χ3n) is 4.00. The third kappa shape index (κ3) is 13.0. The lowest BCUT2D eigenvalue weighted by Gasteiger charge is -2.26. The number of rotatable bonds is 18. The summed E-state index contributed by atoms with van der Waals surface area (Å²) in [5.41, 5.74) is 0. The first kappa shape index (κ1) is 23.0. The summed E-state index contributed by atoms with van der Waals surface area (Å²) in [7, 11) is 2.43. The Labute approximate surface area is 144 Å². The normalized spacial score (nSPS) is 12.0. The van der Waals surface area contributed by atoms with Crippen LogP contribution in [0, 0.1) is 0 Å². The Bertz CT molecular complexity index is 237. The van der Waals surface area contributed by atoms with Gasteiger partial charge in [-0.3, -0.25) is 0 Å². The molecule has 0 spiro atoms. The molecule has 0 unspecified atom stereocenters. The van der Waals surface area contributed by atoms with Crippen molar-refractivity contribution < 1.29 is 22.8 Å². The fraction of sp³-hybridized carbons (Fsp3) is 1.00. The number of ether oxygens (including phenoxy) is 2. The standard InChI is InChI=1S/C17H38O5Si/c1-5-6-7-8-9-10-11-12-13-16-23(19-3,20-4)22-17-21-15-14-18-2/h5-17H2,1-4H3. The molecule has 140 valence electrons. The number of methoxy groups -OCH3 is 1. The zero-order chi connectivity index (χ0) is 17.2. The Balaban J connectivity index is 3.69. The van der Waals surface area contributed by atoms with E-state index in [-0.39, 0.29) is 6.79 Å². The molecule has 0 aliphatic rings. The van der Waals surface area contributed by atoms with Crippen LogP contribution in [0.25, 0.3) is 0 Å². The first-order chi connectivity index (χ1) is 11.2. The second-order valence-electron chi connectivity index (χ2n) is 5.83. The summed E-state index contributed by atoms with van der Waals surface area (Å²) in [5.74, 6) is 0. The Morgan fingerprint density at radius 3 is 1.78 bits per heavy atom. The van der Waals surface area contributed by atoms with Gasteiger partial charge in [0.05, 0.1) is 13.2 Å². The zero-order valence-electron chi connectivity index (χ0n) is 15.7. The van der Waals surface area contributed by atoms with E-state index in [0.717, 1.165) is 12.5 Å². The molecule has 0 rings (SSSR count). The van der Waals surface area contributed by atoms with Gasteiger partial charge in [-0.15, -0.1) is 0 Å². The number of hydrogen-bond acceptors (Lipinski definition) is 5. The van der Waals surface area contributed by atoms with Crippen LogP contribution in [0.5, 0.6) is 0 Å². The van der Waals surface area contributed by atoms with Crippen molar-refractivity contribution in [2.45, 2.75) is 70.8 Å². The third-order valence-corrected chi connectivity index (χ3v) is 6.77. The van der Waals surface area contributed by atoms with Gasteiger partial charge in [0.25, 0.3) is 0 Å². The van der Waals surface area contributed by atoms with E-state index in [2.05, 4.69) is 6.92 Å². The predicted molar refractivity (Wildman–Crippen MR) is 95.6 cm³/mol. The molecule has 0 aliphatic carbocycles. The van der Waals surface area contributed by atoms with Gasteiger partial charge in [-0.25, -0.2) is 0 Å². The van der Waals surface area contributed by atoms with Gasteiger partial charge in [0, 0.05) is 27.4 Å². The van der Waals surface area contributed by atoms with Crippen LogP contribution in [-0.4, -0.2) is 50.1 Å². The van der Waals surface area contributed by atoms with Crippen molar-refractivity contribution in [2.24, 2.45) is 0 Å². The van der Waals surface area contributed by atoms with E-state index in [9.17, 15) is 0 Å². The van der Waals surface area contributed by atoms with Gasteiger partial charge in [-0.1, -0.05) is 58.3 Å². The van der Waals surface area contributed by atoms with Crippen molar-refractivity contribution in [3.05, 3.63) is 0 Å². The monoisotopic (exact) mass is 350 g/mol. The Kier molecular flexibility index (Phi) is 16.9. The van der Waals surface area contributed by atoms with E-state index >= 15 is 0 Å². The largest absolute Gasteiger partial charge is 0.502 e. The van der Waals surface area contributed by atoms with Gasteiger partial charge >= 0.3 is 8.80 Å². The second kappa shape index (κ2) is 16.9. The van der Waals surface area contributed by atoms with Crippen LogP contribution in [0.2, 0.25) is 6.04 Å². The maximum atomic E-state index is 5.76. The smallest absolute Gasteiger partial charge is 0.382 e. The second-order valence-corrected chi connectivity index (χ2v) is 8.80. The summed E-state index contributed by atoms with van der Waals surface area (Å²) in [5, 5.41) is 0. The van der Waals surface area contributed by atoms with Gasteiger partial charge in [0.1, 0.15) is 6.79 Å². The molecule has 0 saturated carbocycles. The molecule has 0 amide bonds. The number of unbranched alkanes of at least 4 members (excludes halogenated alkanes) is 8. The van der Waals surface area contributed by atoms with Crippen molar-refractivity contribution in [3.63, 3.8) is 0 Å². The van der Waals surface area contributed by atoms with Crippen LogP contribution in [0.15, 0.2) is 0 Å². The molecule has 0 bridgehead atoms. The molecule has 0 aromatic carbocycles. The van der Waals surface area contributed by atoms with Crippen molar-refractivity contribution >= 4 is 8.80 Å². The maximum Gasteiger partial charge on any atom is 0.502 e. The van der Waals surface area contributed by atoms with Crippen LogP contribution in [0.1, 0.15) is 64.7 Å². The summed E-state index contributed by atoms with van der Waals surface area (Å²) < 4.78 is 27.1. The number of hydrogen-bond donors (Lipinski definition) is 0. The van der Waals surface area contributed by atoms with Crippen molar-refractivity contribution in [1.29, 1.82) is 0 Å². The topological polar surface area (TPSA) is 46.2 Å². The van der Waals surface area contributed by atoms with E-state index in [1.165, 1.54) is 51.4 Å². The lowest BCUT2D eigenvalue weighted by atomic mass is 10.1. The van der Waals surface area contributed by atoms with Crippen molar-refractivity contribution in [2.75, 3.05) is 41.3 Å². The van der Waals surface area contributed by atoms with Crippen LogP contribution in [0.4, 0.5) is 0 Å². The summed E-state index contributed by atoms with van der Waals surface area (Å²) in [6, 6.07) is 0.851. The highest BCUT2D eigenvalue weighted by molar-refractivity contribution is 6.60. The molecule has 0 saturated heterocycles. The molecule has 0 fully saturated rings. The Morgan fingerprint density at radius 2 is 1.26 bits per heavy atom. The summed E-state index contributed by atoms with van der Waals surface area (Å²) in [4.78, 5) is 0. The molecule has 0 N–H and O–H groups in total. The van der Waals surface area contributed by atoms with Crippen LogP contribution in [0.3, 0.4) is 0 Å². The molecule has 0 radical (unpaired) electrons. The molecule has 0 aromatic heterocycles. The lowest BCUT2D eigenvalue weighted by Crippen LogP contribution is -2.44. The van der Waals surface area contributed by atoms with Gasteiger partial charge in [0.2, 0.25) is 0 Å². The molecule has 6 heteroatoms. The highest BCUT2D eigenvalue weighted by Gasteiger charge is 2.38. The molecule has 5 nitrogen and oxygen atoms in total. The van der Waals surface area contributed by atoms with Crippen LogP contribution >= 0.6 is 0 Å². The van der Waals surface area contributed by atoms with E-state index in [1.807, 2.05) is 0 Å². The van der Waals surface area contributed by atoms with Gasteiger partial charge in [-0.05, 0) is 6.42 Å². The molecule has 0 atom stereocenters.